The molecule has 3 rings (SSSR count). The number of fused-ring (bicyclic) bond motifs is 1. The number of amidine groups is 1. The molecule has 1 aromatic rings. The lowest BCUT2D eigenvalue weighted by molar-refractivity contribution is 0.215. The zero-order chi connectivity index (χ0) is 17.1. The minimum absolute atomic E-state index is 0.360. The van der Waals surface area contributed by atoms with Crippen molar-refractivity contribution in [2.75, 3.05) is 33.2 Å². The average Bonchev–Trinajstić information content (AvgIpc) is 2.98. The van der Waals surface area contributed by atoms with E-state index in [-0.39, 0.29) is 0 Å². The van der Waals surface area contributed by atoms with Crippen LogP contribution in [-0.2, 0) is 13.0 Å². The Balaban J connectivity index is 1.81. The third-order valence-electron chi connectivity index (χ3n) is 4.60. The molecule has 4 N–H and O–H groups in total. The number of piperazine rings is 1. The number of hydrogen-bond donors (Lipinski definition) is 3. The zero-order valence-corrected chi connectivity index (χ0v) is 14.4. The van der Waals surface area contributed by atoms with E-state index in [4.69, 9.17) is 16.1 Å². The molecule has 24 heavy (non-hydrogen) atoms. The van der Waals surface area contributed by atoms with Gasteiger partial charge >= 0.3 is 0 Å². The van der Waals surface area contributed by atoms with E-state index in [0.717, 1.165) is 56.4 Å². The molecular formula is C17H27N7. The highest BCUT2D eigenvalue weighted by atomic mass is 15.3. The van der Waals surface area contributed by atoms with Crippen LogP contribution in [0.15, 0.2) is 24.7 Å². The van der Waals surface area contributed by atoms with Crippen LogP contribution in [-0.4, -0.2) is 58.4 Å². The van der Waals surface area contributed by atoms with Gasteiger partial charge in [-0.1, -0.05) is 6.58 Å². The van der Waals surface area contributed by atoms with Gasteiger partial charge in [-0.3, -0.25) is 5.41 Å². The summed E-state index contributed by atoms with van der Waals surface area (Å²) < 4.78 is 2.20. The number of likely N-dealkylation sites (N-methyl/N-ethyl adjacent to an activating group) is 1. The summed E-state index contributed by atoms with van der Waals surface area (Å²) in [6.07, 6.45) is 7.25. The number of rotatable bonds is 4. The largest absolute Gasteiger partial charge is 0.386 e. The first kappa shape index (κ1) is 16.6. The van der Waals surface area contributed by atoms with Crippen LogP contribution in [0.5, 0.6) is 0 Å². The Morgan fingerprint density at radius 2 is 2.04 bits per heavy atom. The smallest absolute Gasteiger partial charge is 0.122 e. The first-order chi connectivity index (χ1) is 11.5. The maximum Gasteiger partial charge on any atom is 0.122 e. The molecule has 0 radical (unpaired) electrons. The Morgan fingerprint density at radius 3 is 2.71 bits per heavy atom. The summed E-state index contributed by atoms with van der Waals surface area (Å²) >= 11 is 0. The van der Waals surface area contributed by atoms with Crippen molar-refractivity contribution in [1.82, 2.24) is 24.7 Å². The Kier molecular flexibility index (Phi) is 4.89. The van der Waals surface area contributed by atoms with Gasteiger partial charge in [0.2, 0.25) is 0 Å². The van der Waals surface area contributed by atoms with Crippen molar-refractivity contribution in [3.63, 3.8) is 0 Å². The molecule has 3 heterocycles. The number of nitrogens with zero attached hydrogens (tertiary/aromatic N) is 4. The average molecular weight is 329 g/mol. The van der Waals surface area contributed by atoms with E-state index in [0.29, 0.717) is 11.7 Å². The van der Waals surface area contributed by atoms with Gasteiger partial charge in [-0.05, 0) is 19.9 Å². The monoisotopic (exact) mass is 329 g/mol. The van der Waals surface area contributed by atoms with Crippen molar-refractivity contribution in [3.05, 3.63) is 36.2 Å². The van der Waals surface area contributed by atoms with E-state index < -0.39 is 0 Å². The van der Waals surface area contributed by atoms with Gasteiger partial charge in [0.05, 0.1) is 11.5 Å². The van der Waals surface area contributed by atoms with E-state index in [9.17, 15) is 0 Å². The zero-order valence-electron chi connectivity index (χ0n) is 14.4. The lowest BCUT2D eigenvalue weighted by Gasteiger charge is -2.33. The molecule has 1 aromatic heterocycles. The number of nitrogens with one attached hydrogen (secondary N) is 2. The van der Waals surface area contributed by atoms with Crippen LogP contribution in [0.25, 0.3) is 5.70 Å². The number of hydrogen-bond acceptors (Lipinski definition) is 5. The third-order valence-corrected chi connectivity index (χ3v) is 4.60. The second-order valence-corrected chi connectivity index (χ2v) is 6.58. The summed E-state index contributed by atoms with van der Waals surface area (Å²) in [6, 6.07) is 0. The van der Waals surface area contributed by atoms with Gasteiger partial charge in [0.25, 0.3) is 0 Å². The van der Waals surface area contributed by atoms with Gasteiger partial charge in [0.15, 0.2) is 0 Å². The maximum atomic E-state index is 8.42. The molecule has 2 aliphatic heterocycles. The molecule has 0 aromatic carbocycles. The lowest BCUT2D eigenvalue weighted by Crippen LogP contribution is -2.46. The predicted octanol–water partition coefficient (Wildman–Crippen LogP) is 0.804. The van der Waals surface area contributed by atoms with E-state index in [1.807, 2.05) is 12.3 Å². The molecule has 0 bridgehead atoms. The molecule has 0 aliphatic carbocycles. The van der Waals surface area contributed by atoms with E-state index >= 15 is 0 Å². The van der Waals surface area contributed by atoms with Crippen LogP contribution in [0.2, 0.25) is 0 Å². The molecule has 7 nitrogen and oxygen atoms in total. The number of imidazole rings is 1. The number of aryl methyl sites for hydroxylation is 2. The Hall–Kier alpha value is -2.28. The van der Waals surface area contributed by atoms with Crippen molar-refractivity contribution in [1.29, 1.82) is 5.41 Å². The van der Waals surface area contributed by atoms with Crippen LogP contribution in [0.3, 0.4) is 0 Å². The van der Waals surface area contributed by atoms with Crippen LogP contribution in [0.1, 0.15) is 24.4 Å². The van der Waals surface area contributed by atoms with Gasteiger partial charge in [-0.2, -0.15) is 0 Å². The molecule has 0 atom stereocenters. The van der Waals surface area contributed by atoms with Crippen LogP contribution >= 0.6 is 0 Å². The van der Waals surface area contributed by atoms with Crippen molar-refractivity contribution >= 4 is 11.5 Å². The first-order valence-corrected chi connectivity index (χ1v) is 8.54. The lowest BCUT2D eigenvalue weighted by atomic mass is 10.2. The highest BCUT2D eigenvalue weighted by Gasteiger charge is 2.18. The fourth-order valence-corrected chi connectivity index (χ4v) is 3.16. The summed E-state index contributed by atoms with van der Waals surface area (Å²) in [7, 11) is 2.11. The second-order valence-electron chi connectivity index (χ2n) is 6.58. The number of aromatic nitrogens is 2. The molecule has 0 spiro atoms. The minimum Gasteiger partial charge on any atom is -0.386 e. The summed E-state index contributed by atoms with van der Waals surface area (Å²) in [5, 5.41) is 11.5. The van der Waals surface area contributed by atoms with E-state index in [2.05, 4.69) is 33.3 Å². The van der Waals surface area contributed by atoms with Crippen LogP contribution in [0.4, 0.5) is 0 Å². The van der Waals surface area contributed by atoms with E-state index in [1.165, 1.54) is 12.8 Å². The summed E-state index contributed by atoms with van der Waals surface area (Å²) in [4.78, 5) is 9.08. The van der Waals surface area contributed by atoms with E-state index in [1.54, 1.807) is 0 Å². The molecular weight excluding hydrogens is 302 g/mol. The third kappa shape index (κ3) is 3.79. The second kappa shape index (κ2) is 7.09. The Labute approximate surface area is 143 Å². The Morgan fingerprint density at radius 1 is 1.29 bits per heavy atom. The summed E-state index contributed by atoms with van der Waals surface area (Å²) in [5.41, 5.74) is 7.33. The first-order valence-electron chi connectivity index (χ1n) is 8.54. The highest BCUT2D eigenvalue weighted by Crippen LogP contribution is 2.19. The van der Waals surface area contributed by atoms with Crippen molar-refractivity contribution in [2.24, 2.45) is 5.73 Å². The van der Waals surface area contributed by atoms with Crippen molar-refractivity contribution in [3.8, 4) is 0 Å². The van der Waals surface area contributed by atoms with Crippen LogP contribution in [0, 0.1) is 5.41 Å². The Bertz CT molecular complexity index is 626. The number of nitrogens with two attached hydrogens (primary N) is 1. The predicted molar refractivity (Wildman–Crippen MR) is 96.4 cm³/mol. The quantitative estimate of drug-likeness (QED) is 0.562. The molecule has 0 amide bonds. The maximum absolute atomic E-state index is 8.42. The van der Waals surface area contributed by atoms with Crippen molar-refractivity contribution in [2.45, 2.75) is 25.8 Å². The fourth-order valence-electron chi connectivity index (χ4n) is 3.16. The van der Waals surface area contributed by atoms with Crippen LogP contribution < -0.4 is 11.1 Å². The van der Waals surface area contributed by atoms with Crippen molar-refractivity contribution < 1.29 is 0 Å². The molecule has 7 heteroatoms. The van der Waals surface area contributed by atoms with Gasteiger partial charge in [-0.25, -0.2) is 4.98 Å². The SMILES string of the molecule is C=C(N)NC(=CC(=N)N1CCN(C)CC1)c1cn2c(n1)CCCC2. The molecule has 130 valence electrons. The fraction of sp³-hybridized carbons (Fsp3) is 0.529. The topological polar surface area (TPSA) is 86.2 Å². The summed E-state index contributed by atoms with van der Waals surface area (Å²) in [6.45, 7) is 8.42. The van der Waals surface area contributed by atoms with Gasteiger partial charge < -0.3 is 25.4 Å². The standard InChI is InChI=1S/C17H27N7/c1-13(18)20-14(11-16(19)23-9-7-22(2)8-10-23)15-12-24-6-4-3-5-17(24)21-15/h11-12,19-20H,1,3-10,18H2,2H3. The molecule has 0 unspecified atom stereocenters. The highest BCUT2D eigenvalue weighted by molar-refractivity contribution is 5.96. The molecule has 1 fully saturated rings. The summed E-state index contributed by atoms with van der Waals surface area (Å²) in [5.74, 6) is 1.95. The van der Waals surface area contributed by atoms with Gasteiger partial charge in [0.1, 0.15) is 17.4 Å². The van der Waals surface area contributed by atoms with Gasteiger partial charge in [0, 0.05) is 51.4 Å². The normalized spacial score (nSPS) is 19.0. The molecule has 1 saturated heterocycles. The minimum atomic E-state index is 0.360. The van der Waals surface area contributed by atoms with Gasteiger partial charge in [-0.15, -0.1) is 0 Å². The molecule has 0 saturated carbocycles. The molecule has 2 aliphatic rings.